The fourth-order valence-corrected chi connectivity index (χ4v) is 3.09. The number of allylic oxidation sites excluding steroid dienone is 1. The molecule has 0 aromatic heterocycles. The van der Waals surface area contributed by atoms with E-state index in [4.69, 9.17) is 0 Å². The van der Waals surface area contributed by atoms with Gasteiger partial charge in [-0.1, -0.05) is 36.4 Å². The van der Waals surface area contributed by atoms with Crippen molar-refractivity contribution in [2.45, 2.75) is 57.3 Å². The van der Waals surface area contributed by atoms with Gasteiger partial charge in [0.2, 0.25) is 0 Å². The Kier molecular flexibility index (Phi) is 6.04. The van der Waals surface area contributed by atoms with E-state index in [0.29, 0.717) is 12.3 Å². The quantitative estimate of drug-likeness (QED) is 0.427. The average molecular weight is 286 g/mol. The summed E-state index contributed by atoms with van der Waals surface area (Å²) in [5.74, 6) is 0.558. The van der Waals surface area contributed by atoms with E-state index in [1.165, 1.54) is 43.1 Å². The van der Waals surface area contributed by atoms with Crippen LogP contribution in [0.5, 0.6) is 0 Å². The zero-order valence-corrected chi connectivity index (χ0v) is 13.1. The maximum atomic E-state index is 11.0. The molecule has 0 amide bonds. The Morgan fingerprint density at radius 2 is 2.05 bits per heavy atom. The van der Waals surface area contributed by atoms with Gasteiger partial charge in [0.25, 0.3) is 0 Å². The van der Waals surface area contributed by atoms with E-state index in [2.05, 4.69) is 35.6 Å². The van der Waals surface area contributed by atoms with Gasteiger partial charge in [-0.15, -0.1) is 0 Å². The number of ether oxygens (including phenoxy) is 1. The van der Waals surface area contributed by atoms with Crippen LogP contribution in [-0.4, -0.2) is 13.1 Å². The molecule has 1 aliphatic carbocycles. The van der Waals surface area contributed by atoms with E-state index in [1.807, 2.05) is 0 Å². The number of carbonyl (C=O) groups excluding carboxylic acids is 1. The lowest BCUT2D eigenvalue weighted by atomic mass is 9.81. The number of unbranched alkanes of at least 4 members (excludes halogenated alkanes) is 1. The highest BCUT2D eigenvalue weighted by molar-refractivity contribution is 5.68. The highest BCUT2D eigenvalue weighted by Crippen LogP contribution is 2.35. The zero-order valence-electron chi connectivity index (χ0n) is 13.1. The van der Waals surface area contributed by atoms with Crippen LogP contribution in [0.25, 0.3) is 0 Å². The zero-order chi connectivity index (χ0) is 15.1. The lowest BCUT2D eigenvalue weighted by Crippen LogP contribution is -2.06. The van der Waals surface area contributed by atoms with Crippen LogP contribution < -0.4 is 0 Å². The minimum Gasteiger partial charge on any atom is -0.469 e. The number of aryl methyl sites for hydroxylation is 1. The molecule has 1 saturated carbocycles. The van der Waals surface area contributed by atoms with Crippen LogP contribution in [0, 0.1) is 0 Å². The summed E-state index contributed by atoms with van der Waals surface area (Å²) in [7, 11) is 1.45. The van der Waals surface area contributed by atoms with E-state index in [1.54, 1.807) is 0 Å². The van der Waals surface area contributed by atoms with Crippen molar-refractivity contribution < 1.29 is 9.53 Å². The summed E-state index contributed by atoms with van der Waals surface area (Å²) in [5.41, 5.74) is 4.21. The predicted octanol–water partition coefficient (Wildman–Crippen LogP) is 4.79. The molecule has 1 atom stereocenters. The third-order valence-corrected chi connectivity index (χ3v) is 4.39. The van der Waals surface area contributed by atoms with E-state index in [-0.39, 0.29) is 5.97 Å². The monoisotopic (exact) mass is 286 g/mol. The molecule has 0 spiro atoms. The minimum atomic E-state index is -0.108. The summed E-state index contributed by atoms with van der Waals surface area (Å²) in [4.78, 5) is 11.0. The summed E-state index contributed by atoms with van der Waals surface area (Å²) >= 11 is 0. The van der Waals surface area contributed by atoms with Crippen molar-refractivity contribution in [2.75, 3.05) is 7.11 Å². The highest BCUT2D eigenvalue weighted by Gasteiger charge is 2.17. The SMILES string of the molecule is C=C1CCCC(c2ccc(CCCCC(=O)OC)cc2)C1. The molecule has 2 rings (SSSR count). The average Bonchev–Trinajstić information content (AvgIpc) is 2.52. The second kappa shape index (κ2) is 8.02. The summed E-state index contributed by atoms with van der Waals surface area (Å²) in [6.07, 6.45) is 8.42. The summed E-state index contributed by atoms with van der Waals surface area (Å²) in [6.45, 7) is 4.14. The van der Waals surface area contributed by atoms with Crippen molar-refractivity contribution in [1.29, 1.82) is 0 Å². The van der Waals surface area contributed by atoms with Gasteiger partial charge in [0.05, 0.1) is 7.11 Å². The smallest absolute Gasteiger partial charge is 0.305 e. The van der Waals surface area contributed by atoms with Crippen LogP contribution in [0.3, 0.4) is 0 Å². The van der Waals surface area contributed by atoms with Crippen LogP contribution in [0.15, 0.2) is 36.4 Å². The molecule has 0 bridgehead atoms. The standard InChI is InChI=1S/C19H26O2/c1-15-6-5-8-18(14-15)17-12-10-16(11-13-17)7-3-4-9-19(20)21-2/h10-13,18H,1,3-9,14H2,2H3. The molecule has 0 heterocycles. The molecule has 2 heteroatoms. The first kappa shape index (κ1) is 15.8. The molecule has 0 aliphatic heterocycles. The van der Waals surface area contributed by atoms with Gasteiger partial charge in [-0.3, -0.25) is 4.79 Å². The van der Waals surface area contributed by atoms with Crippen LogP contribution in [0.4, 0.5) is 0 Å². The molecule has 0 radical (unpaired) electrons. The Labute approximate surface area is 128 Å². The summed E-state index contributed by atoms with van der Waals surface area (Å²) in [6, 6.07) is 9.04. The summed E-state index contributed by atoms with van der Waals surface area (Å²) in [5, 5.41) is 0. The second-order valence-corrected chi connectivity index (χ2v) is 6.07. The summed E-state index contributed by atoms with van der Waals surface area (Å²) < 4.78 is 4.65. The van der Waals surface area contributed by atoms with Gasteiger partial charge in [0.1, 0.15) is 0 Å². The van der Waals surface area contributed by atoms with Gasteiger partial charge in [0, 0.05) is 6.42 Å². The van der Waals surface area contributed by atoms with E-state index in [0.717, 1.165) is 25.7 Å². The molecule has 114 valence electrons. The molecular formula is C19H26O2. The van der Waals surface area contributed by atoms with Gasteiger partial charge in [-0.25, -0.2) is 0 Å². The van der Waals surface area contributed by atoms with Crippen molar-refractivity contribution >= 4 is 5.97 Å². The number of hydrogen-bond donors (Lipinski definition) is 0. The largest absolute Gasteiger partial charge is 0.469 e. The third kappa shape index (κ3) is 5.04. The molecule has 0 saturated heterocycles. The van der Waals surface area contributed by atoms with Crippen molar-refractivity contribution in [2.24, 2.45) is 0 Å². The van der Waals surface area contributed by atoms with Gasteiger partial charge < -0.3 is 4.74 Å². The molecule has 2 nitrogen and oxygen atoms in total. The maximum Gasteiger partial charge on any atom is 0.305 e. The van der Waals surface area contributed by atoms with Crippen LogP contribution in [0.1, 0.15) is 62.0 Å². The van der Waals surface area contributed by atoms with Gasteiger partial charge >= 0.3 is 5.97 Å². The molecule has 1 unspecified atom stereocenters. The first-order chi connectivity index (χ1) is 10.2. The fraction of sp³-hybridized carbons (Fsp3) is 0.526. The Morgan fingerprint density at radius 3 is 2.71 bits per heavy atom. The molecule has 1 aliphatic rings. The van der Waals surface area contributed by atoms with E-state index < -0.39 is 0 Å². The normalized spacial score (nSPS) is 18.5. The minimum absolute atomic E-state index is 0.108. The molecule has 21 heavy (non-hydrogen) atoms. The third-order valence-electron chi connectivity index (χ3n) is 4.39. The number of methoxy groups -OCH3 is 1. The number of benzene rings is 1. The van der Waals surface area contributed by atoms with Gasteiger partial charge in [-0.05, 0) is 62.0 Å². The molecule has 0 N–H and O–H groups in total. The Hall–Kier alpha value is -1.57. The van der Waals surface area contributed by atoms with Crippen molar-refractivity contribution in [1.82, 2.24) is 0 Å². The Morgan fingerprint density at radius 1 is 1.29 bits per heavy atom. The van der Waals surface area contributed by atoms with Gasteiger partial charge in [-0.2, -0.15) is 0 Å². The maximum absolute atomic E-state index is 11.0. The van der Waals surface area contributed by atoms with Crippen LogP contribution >= 0.6 is 0 Å². The first-order valence-corrected chi connectivity index (χ1v) is 8.01. The van der Waals surface area contributed by atoms with Crippen molar-refractivity contribution in [3.63, 3.8) is 0 Å². The molecule has 1 fully saturated rings. The predicted molar refractivity (Wildman–Crippen MR) is 86.4 cm³/mol. The second-order valence-electron chi connectivity index (χ2n) is 6.07. The van der Waals surface area contributed by atoms with E-state index in [9.17, 15) is 4.79 Å². The number of esters is 1. The highest BCUT2D eigenvalue weighted by atomic mass is 16.5. The lowest BCUT2D eigenvalue weighted by molar-refractivity contribution is -0.140. The van der Waals surface area contributed by atoms with Crippen LogP contribution in [-0.2, 0) is 16.0 Å². The Balaban J connectivity index is 1.79. The van der Waals surface area contributed by atoms with E-state index >= 15 is 0 Å². The van der Waals surface area contributed by atoms with Crippen molar-refractivity contribution in [3.05, 3.63) is 47.5 Å². The fourth-order valence-electron chi connectivity index (χ4n) is 3.09. The Bertz CT molecular complexity index is 473. The first-order valence-electron chi connectivity index (χ1n) is 8.01. The topological polar surface area (TPSA) is 26.3 Å². The number of hydrogen-bond acceptors (Lipinski definition) is 2. The lowest BCUT2D eigenvalue weighted by Gasteiger charge is -2.24. The molecule has 1 aromatic carbocycles. The molecule has 1 aromatic rings. The van der Waals surface area contributed by atoms with Gasteiger partial charge in [0.15, 0.2) is 0 Å². The number of carbonyl (C=O) groups is 1. The van der Waals surface area contributed by atoms with Crippen LogP contribution in [0.2, 0.25) is 0 Å². The van der Waals surface area contributed by atoms with Crippen molar-refractivity contribution in [3.8, 4) is 0 Å². The molecular weight excluding hydrogens is 260 g/mol. The number of rotatable bonds is 6.